The van der Waals surface area contributed by atoms with E-state index in [2.05, 4.69) is 22.6 Å². The number of carbonyl (C=O) groups excluding carboxylic acids is 2. The quantitative estimate of drug-likeness (QED) is 0.582. The second kappa shape index (κ2) is 4.08. The van der Waals surface area contributed by atoms with Gasteiger partial charge in [0.2, 0.25) is 11.8 Å². The molecule has 1 aromatic rings. The molecule has 3 nitrogen and oxygen atoms in total. The zero-order chi connectivity index (χ0) is 12.0. The van der Waals surface area contributed by atoms with Crippen LogP contribution in [0, 0.1) is 15.4 Å². The number of anilines is 1. The Labute approximate surface area is 113 Å². The molecule has 0 spiro atoms. The van der Waals surface area contributed by atoms with Gasteiger partial charge in [0.25, 0.3) is 0 Å². The predicted octanol–water partition coefficient (Wildman–Crippen LogP) is 2.58. The van der Waals surface area contributed by atoms with Gasteiger partial charge in [0.15, 0.2) is 0 Å². The fourth-order valence-electron chi connectivity index (χ4n) is 2.84. The lowest BCUT2D eigenvalue weighted by Crippen LogP contribution is -2.31. The average Bonchev–Trinajstić information content (AvgIpc) is 2.87. The lowest BCUT2D eigenvalue weighted by atomic mass is 10.00. The average molecular weight is 341 g/mol. The van der Waals surface area contributed by atoms with E-state index < -0.39 is 0 Å². The Morgan fingerprint density at radius 1 is 1.00 bits per heavy atom. The molecule has 17 heavy (non-hydrogen) atoms. The van der Waals surface area contributed by atoms with Crippen molar-refractivity contribution in [3.05, 3.63) is 27.8 Å². The van der Waals surface area contributed by atoms with Crippen molar-refractivity contribution in [1.82, 2.24) is 0 Å². The molecule has 0 bridgehead atoms. The Kier molecular flexibility index (Phi) is 2.69. The van der Waals surface area contributed by atoms with Crippen LogP contribution in [0.25, 0.3) is 0 Å². The first-order valence-electron chi connectivity index (χ1n) is 5.82. The van der Waals surface area contributed by atoms with Crippen molar-refractivity contribution < 1.29 is 9.59 Å². The van der Waals surface area contributed by atoms with Gasteiger partial charge in [-0.15, -0.1) is 0 Å². The number of halogens is 1. The van der Waals surface area contributed by atoms with Crippen LogP contribution < -0.4 is 4.90 Å². The van der Waals surface area contributed by atoms with Gasteiger partial charge in [-0.25, -0.2) is 0 Å². The van der Waals surface area contributed by atoms with E-state index in [-0.39, 0.29) is 23.7 Å². The molecule has 0 aromatic heterocycles. The molecule has 2 unspecified atom stereocenters. The van der Waals surface area contributed by atoms with Crippen LogP contribution in [-0.2, 0) is 9.59 Å². The van der Waals surface area contributed by atoms with Crippen molar-refractivity contribution >= 4 is 40.1 Å². The van der Waals surface area contributed by atoms with E-state index in [1.165, 1.54) is 4.90 Å². The third kappa shape index (κ3) is 1.69. The minimum absolute atomic E-state index is 0.00120. The summed E-state index contributed by atoms with van der Waals surface area (Å²) in [5.74, 6) is -0.110. The van der Waals surface area contributed by atoms with Crippen LogP contribution in [0.2, 0.25) is 0 Å². The van der Waals surface area contributed by atoms with Crippen molar-refractivity contribution in [3.8, 4) is 0 Å². The smallest absolute Gasteiger partial charge is 0.237 e. The van der Waals surface area contributed by atoms with E-state index in [1.807, 2.05) is 24.3 Å². The molecule has 3 rings (SSSR count). The molecule has 4 heteroatoms. The molecule has 2 fully saturated rings. The van der Waals surface area contributed by atoms with E-state index >= 15 is 0 Å². The maximum atomic E-state index is 12.2. The van der Waals surface area contributed by atoms with Crippen LogP contribution in [0.4, 0.5) is 5.69 Å². The summed E-state index contributed by atoms with van der Waals surface area (Å²) in [5, 5.41) is 0. The standard InChI is InChI=1S/C13H12INO2/c14-8-4-6-9(7-5-8)15-12(16)10-2-1-3-11(10)13(15)17/h4-7,10-11H,1-3H2. The monoisotopic (exact) mass is 341 g/mol. The SMILES string of the molecule is O=C1C2CCCC2C(=O)N1c1ccc(I)cc1. The van der Waals surface area contributed by atoms with Crippen LogP contribution in [0.1, 0.15) is 19.3 Å². The van der Waals surface area contributed by atoms with Crippen molar-refractivity contribution in [2.45, 2.75) is 19.3 Å². The van der Waals surface area contributed by atoms with Crippen molar-refractivity contribution in [2.24, 2.45) is 11.8 Å². The van der Waals surface area contributed by atoms with Crippen LogP contribution in [0.15, 0.2) is 24.3 Å². The third-order valence-electron chi connectivity index (χ3n) is 3.68. The summed E-state index contributed by atoms with van der Waals surface area (Å²) in [4.78, 5) is 25.8. The van der Waals surface area contributed by atoms with Crippen molar-refractivity contribution in [3.63, 3.8) is 0 Å². The Morgan fingerprint density at radius 2 is 1.53 bits per heavy atom. The van der Waals surface area contributed by atoms with Crippen molar-refractivity contribution in [1.29, 1.82) is 0 Å². The van der Waals surface area contributed by atoms with Crippen molar-refractivity contribution in [2.75, 3.05) is 4.90 Å². The van der Waals surface area contributed by atoms with E-state index in [0.29, 0.717) is 0 Å². The number of imide groups is 1. The summed E-state index contributed by atoms with van der Waals surface area (Å²) >= 11 is 2.21. The second-order valence-corrected chi connectivity index (χ2v) is 5.88. The zero-order valence-corrected chi connectivity index (χ0v) is 11.4. The van der Waals surface area contributed by atoms with Gasteiger partial charge in [-0.3, -0.25) is 14.5 Å². The lowest BCUT2D eigenvalue weighted by Gasteiger charge is -2.15. The van der Waals surface area contributed by atoms with Crippen LogP contribution >= 0.6 is 22.6 Å². The first-order chi connectivity index (χ1) is 8.18. The van der Waals surface area contributed by atoms with Gasteiger partial charge in [-0.05, 0) is 59.7 Å². The molecule has 88 valence electrons. The maximum Gasteiger partial charge on any atom is 0.237 e. The van der Waals surface area contributed by atoms with E-state index in [1.54, 1.807) is 0 Å². The highest BCUT2D eigenvalue weighted by Gasteiger charge is 2.50. The van der Waals surface area contributed by atoms with Gasteiger partial charge in [0, 0.05) is 3.57 Å². The number of rotatable bonds is 1. The highest BCUT2D eigenvalue weighted by atomic mass is 127. The Balaban J connectivity index is 1.96. The molecule has 1 aromatic carbocycles. The zero-order valence-electron chi connectivity index (χ0n) is 9.23. The van der Waals surface area contributed by atoms with Gasteiger partial charge in [-0.1, -0.05) is 6.42 Å². The summed E-state index contributed by atoms with van der Waals surface area (Å²) < 4.78 is 1.10. The predicted molar refractivity (Wildman–Crippen MR) is 72.5 cm³/mol. The number of amides is 2. The topological polar surface area (TPSA) is 37.4 Å². The summed E-state index contributed by atoms with van der Waals surface area (Å²) in [6, 6.07) is 7.53. The number of hydrogen-bond acceptors (Lipinski definition) is 2. The minimum Gasteiger partial charge on any atom is -0.274 e. The summed E-state index contributed by atoms with van der Waals surface area (Å²) in [5.41, 5.74) is 0.717. The van der Waals surface area contributed by atoms with E-state index in [4.69, 9.17) is 0 Å². The highest BCUT2D eigenvalue weighted by Crippen LogP contribution is 2.41. The maximum absolute atomic E-state index is 12.2. The highest BCUT2D eigenvalue weighted by molar-refractivity contribution is 14.1. The van der Waals surface area contributed by atoms with Gasteiger partial charge in [0.05, 0.1) is 17.5 Å². The first kappa shape index (κ1) is 11.2. The van der Waals surface area contributed by atoms with Crippen LogP contribution in [0.5, 0.6) is 0 Å². The molecule has 2 aliphatic rings. The second-order valence-electron chi connectivity index (χ2n) is 4.63. The number of carbonyl (C=O) groups is 2. The fraction of sp³-hybridized carbons (Fsp3) is 0.385. The van der Waals surface area contributed by atoms with Crippen LogP contribution in [-0.4, -0.2) is 11.8 Å². The summed E-state index contributed by atoms with van der Waals surface area (Å²) in [6.07, 6.45) is 2.75. The van der Waals surface area contributed by atoms with E-state index in [0.717, 1.165) is 28.5 Å². The van der Waals surface area contributed by atoms with Gasteiger partial charge in [-0.2, -0.15) is 0 Å². The van der Waals surface area contributed by atoms with Gasteiger partial charge < -0.3 is 0 Å². The molecule has 1 heterocycles. The van der Waals surface area contributed by atoms with Gasteiger partial charge >= 0.3 is 0 Å². The number of nitrogens with zero attached hydrogens (tertiary/aromatic N) is 1. The molecule has 1 saturated carbocycles. The summed E-state index contributed by atoms with van der Waals surface area (Å²) in [7, 11) is 0. The molecule has 2 atom stereocenters. The Bertz CT molecular complexity index is 461. The summed E-state index contributed by atoms with van der Waals surface area (Å²) in [6.45, 7) is 0. The molecule has 0 radical (unpaired) electrons. The largest absolute Gasteiger partial charge is 0.274 e. The molecule has 0 N–H and O–H groups in total. The molecule has 1 saturated heterocycles. The Hall–Kier alpha value is -0.910. The number of benzene rings is 1. The molecular weight excluding hydrogens is 329 g/mol. The third-order valence-corrected chi connectivity index (χ3v) is 4.40. The Morgan fingerprint density at radius 3 is 2.06 bits per heavy atom. The van der Waals surface area contributed by atoms with Gasteiger partial charge in [0.1, 0.15) is 0 Å². The molecule has 2 amide bonds. The minimum atomic E-state index is -0.0539. The fourth-order valence-corrected chi connectivity index (χ4v) is 3.20. The van der Waals surface area contributed by atoms with E-state index in [9.17, 15) is 9.59 Å². The normalized spacial score (nSPS) is 27.7. The lowest BCUT2D eigenvalue weighted by molar-refractivity contribution is -0.122. The molecular formula is C13H12INO2. The number of hydrogen-bond donors (Lipinski definition) is 0. The number of fused-ring (bicyclic) bond motifs is 1. The molecule has 1 aliphatic carbocycles. The first-order valence-corrected chi connectivity index (χ1v) is 6.90. The molecule has 1 aliphatic heterocycles. The van der Waals surface area contributed by atoms with Crippen LogP contribution in [0.3, 0.4) is 0 Å².